The van der Waals surface area contributed by atoms with Crippen LogP contribution in [-0.2, 0) is 19.1 Å². The standard InChI is InChI=1S/C28H50N2O6/c1-2-3-4-5-6-7-8-9-10-11-12-13-14-15-16-17-26(31)29-20-22-30(21-18-27(32)33)23-25-36-24-19-28(34)35/h6-7,9-10H,2-5,8,11-25H2,1H3,(H,29,31)(H,32,33)(H,34,35)/b7-6-,10-9-. The average Bonchev–Trinajstić information content (AvgIpc) is 2.84. The molecule has 0 bridgehead atoms. The maximum atomic E-state index is 12.1. The summed E-state index contributed by atoms with van der Waals surface area (Å²) in [6.07, 6.45) is 22.2. The number of nitrogens with zero attached hydrogens (tertiary/aromatic N) is 1. The third kappa shape index (κ3) is 26.4. The van der Waals surface area contributed by atoms with Crippen LogP contribution in [0, 0.1) is 0 Å². The van der Waals surface area contributed by atoms with Crippen LogP contribution in [0.15, 0.2) is 24.3 Å². The maximum Gasteiger partial charge on any atom is 0.305 e. The van der Waals surface area contributed by atoms with Gasteiger partial charge in [0.05, 0.1) is 26.1 Å². The first-order valence-electron chi connectivity index (χ1n) is 13.8. The van der Waals surface area contributed by atoms with Gasteiger partial charge < -0.3 is 20.3 Å². The van der Waals surface area contributed by atoms with Crippen molar-refractivity contribution in [1.29, 1.82) is 0 Å². The molecule has 0 atom stereocenters. The van der Waals surface area contributed by atoms with E-state index in [1.165, 1.54) is 38.5 Å². The minimum atomic E-state index is -0.912. The summed E-state index contributed by atoms with van der Waals surface area (Å²) in [6.45, 7) is 4.52. The molecular formula is C28H50N2O6. The molecule has 0 aliphatic carbocycles. The summed E-state index contributed by atoms with van der Waals surface area (Å²) in [7, 11) is 0. The number of hydrogen-bond donors (Lipinski definition) is 3. The third-order valence-corrected chi connectivity index (χ3v) is 5.76. The van der Waals surface area contributed by atoms with Gasteiger partial charge in [-0.05, 0) is 38.5 Å². The number of ether oxygens (including phenoxy) is 1. The van der Waals surface area contributed by atoms with Gasteiger partial charge in [0.2, 0.25) is 5.91 Å². The van der Waals surface area contributed by atoms with Crippen molar-refractivity contribution in [1.82, 2.24) is 10.2 Å². The zero-order chi connectivity index (χ0) is 26.7. The van der Waals surface area contributed by atoms with Gasteiger partial charge in [-0.3, -0.25) is 19.3 Å². The highest BCUT2D eigenvalue weighted by Crippen LogP contribution is 2.08. The van der Waals surface area contributed by atoms with Crippen LogP contribution >= 0.6 is 0 Å². The SMILES string of the molecule is CCCCC/C=C\C/C=C\CCCCCCCC(=O)NCCN(CCOCCC(=O)O)CCC(=O)O. The van der Waals surface area contributed by atoms with E-state index in [1.54, 1.807) is 0 Å². The number of carboxylic acids is 2. The van der Waals surface area contributed by atoms with Crippen molar-refractivity contribution in [2.24, 2.45) is 0 Å². The lowest BCUT2D eigenvalue weighted by atomic mass is 10.1. The molecule has 0 aliphatic rings. The summed E-state index contributed by atoms with van der Waals surface area (Å²) in [6, 6.07) is 0. The Morgan fingerprint density at radius 3 is 2.03 bits per heavy atom. The lowest BCUT2D eigenvalue weighted by Gasteiger charge is -2.21. The molecule has 0 aliphatic heterocycles. The first kappa shape index (κ1) is 33.8. The normalized spacial score (nSPS) is 11.6. The quantitative estimate of drug-likeness (QED) is 0.108. The molecule has 0 saturated carbocycles. The number of nitrogens with one attached hydrogen (secondary N) is 1. The van der Waals surface area contributed by atoms with Crippen LogP contribution in [0.3, 0.4) is 0 Å². The molecule has 1 amide bonds. The highest BCUT2D eigenvalue weighted by molar-refractivity contribution is 5.75. The van der Waals surface area contributed by atoms with Gasteiger partial charge in [-0.1, -0.05) is 63.3 Å². The van der Waals surface area contributed by atoms with Gasteiger partial charge in [-0.25, -0.2) is 0 Å². The molecule has 208 valence electrons. The van der Waals surface area contributed by atoms with Crippen molar-refractivity contribution in [2.45, 2.75) is 96.8 Å². The van der Waals surface area contributed by atoms with Gasteiger partial charge in [0, 0.05) is 32.6 Å². The Balaban J connectivity index is 3.74. The number of hydrogen-bond acceptors (Lipinski definition) is 5. The van der Waals surface area contributed by atoms with Crippen LogP contribution in [0.4, 0.5) is 0 Å². The molecule has 0 radical (unpaired) electrons. The molecule has 3 N–H and O–H groups in total. The van der Waals surface area contributed by atoms with E-state index in [9.17, 15) is 14.4 Å². The zero-order valence-electron chi connectivity index (χ0n) is 22.4. The number of carbonyl (C=O) groups excluding carboxylic acids is 1. The fourth-order valence-electron chi connectivity index (χ4n) is 3.58. The van der Waals surface area contributed by atoms with Crippen LogP contribution in [0.25, 0.3) is 0 Å². The highest BCUT2D eigenvalue weighted by Gasteiger charge is 2.09. The summed E-state index contributed by atoms with van der Waals surface area (Å²) < 4.78 is 5.28. The number of carboxylic acid groups (broad SMARTS) is 2. The molecule has 0 unspecified atom stereocenters. The zero-order valence-corrected chi connectivity index (χ0v) is 22.4. The van der Waals surface area contributed by atoms with Crippen LogP contribution in [0.1, 0.15) is 96.8 Å². The Bertz CT molecular complexity index is 621. The number of rotatable bonds is 26. The molecule has 0 aromatic heterocycles. The van der Waals surface area contributed by atoms with E-state index < -0.39 is 11.9 Å². The van der Waals surface area contributed by atoms with Crippen molar-refractivity contribution in [2.75, 3.05) is 39.4 Å². The average molecular weight is 511 g/mol. The molecule has 36 heavy (non-hydrogen) atoms. The Hall–Kier alpha value is -2.19. The topological polar surface area (TPSA) is 116 Å². The first-order valence-corrected chi connectivity index (χ1v) is 13.8. The van der Waals surface area contributed by atoms with E-state index in [-0.39, 0.29) is 25.4 Å². The summed E-state index contributed by atoms with van der Waals surface area (Å²) in [5, 5.41) is 20.4. The Morgan fingerprint density at radius 2 is 1.36 bits per heavy atom. The number of carbonyl (C=O) groups is 3. The molecular weight excluding hydrogens is 460 g/mol. The number of allylic oxidation sites excluding steroid dienone is 4. The van der Waals surface area contributed by atoms with E-state index in [0.29, 0.717) is 39.2 Å². The second kappa shape index (κ2) is 25.9. The number of unbranched alkanes of at least 4 members (excludes halogenated alkanes) is 8. The fourth-order valence-corrected chi connectivity index (χ4v) is 3.58. The van der Waals surface area contributed by atoms with E-state index in [1.807, 2.05) is 4.90 Å². The van der Waals surface area contributed by atoms with Gasteiger partial charge in [-0.15, -0.1) is 0 Å². The molecule has 0 saturated heterocycles. The van der Waals surface area contributed by atoms with E-state index in [2.05, 4.69) is 36.5 Å². The van der Waals surface area contributed by atoms with Crippen molar-refractivity contribution < 1.29 is 29.3 Å². The summed E-state index contributed by atoms with van der Waals surface area (Å²) in [5.74, 6) is -1.77. The first-order chi connectivity index (χ1) is 17.5. The smallest absolute Gasteiger partial charge is 0.305 e. The van der Waals surface area contributed by atoms with Crippen molar-refractivity contribution >= 4 is 17.8 Å². The molecule has 0 aromatic carbocycles. The molecule has 8 nitrogen and oxygen atoms in total. The van der Waals surface area contributed by atoms with Crippen molar-refractivity contribution in [3.8, 4) is 0 Å². The Kier molecular flexibility index (Phi) is 24.3. The van der Waals surface area contributed by atoms with E-state index in [0.717, 1.165) is 32.1 Å². The van der Waals surface area contributed by atoms with Crippen molar-refractivity contribution in [3.05, 3.63) is 24.3 Å². The largest absolute Gasteiger partial charge is 0.481 e. The lowest BCUT2D eigenvalue weighted by Crippen LogP contribution is -2.37. The molecule has 0 spiro atoms. The second-order valence-corrected chi connectivity index (χ2v) is 9.07. The summed E-state index contributed by atoms with van der Waals surface area (Å²) in [5.41, 5.74) is 0. The van der Waals surface area contributed by atoms with Crippen LogP contribution in [0.5, 0.6) is 0 Å². The molecule has 8 heteroatoms. The molecule has 0 aromatic rings. The number of aliphatic carboxylic acids is 2. The third-order valence-electron chi connectivity index (χ3n) is 5.76. The van der Waals surface area contributed by atoms with Crippen LogP contribution < -0.4 is 5.32 Å². The van der Waals surface area contributed by atoms with E-state index >= 15 is 0 Å². The van der Waals surface area contributed by atoms with Gasteiger partial charge in [-0.2, -0.15) is 0 Å². The Labute approximate surface area is 218 Å². The van der Waals surface area contributed by atoms with Crippen LogP contribution in [0.2, 0.25) is 0 Å². The Morgan fingerprint density at radius 1 is 0.722 bits per heavy atom. The molecule has 0 heterocycles. The molecule has 0 fully saturated rings. The van der Waals surface area contributed by atoms with E-state index in [4.69, 9.17) is 14.9 Å². The second-order valence-electron chi connectivity index (χ2n) is 9.07. The summed E-state index contributed by atoms with van der Waals surface area (Å²) in [4.78, 5) is 35.3. The van der Waals surface area contributed by atoms with Gasteiger partial charge in [0.15, 0.2) is 0 Å². The lowest BCUT2D eigenvalue weighted by molar-refractivity contribution is -0.139. The van der Waals surface area contributed by atoms with Gasteiger partial charge in [0.25, 0.3) is 0 Å². The number of amides is 1. The predicted octanol–water partition coefficient (Wildman–Crippen LogP) is 5.18. The summed E-state index contributed by atoms with van der Waals surface area (Å²) >= 11 is 0. The van der Waals surface area contributed by atoms with Gasteiger partial charge in [0.1, 0.15) is 0 Å². The van der Waals surface area contributed by atoms with Crippen molar-refractivity contribution in [3.63, 3.8) is 0 Å². The molecule has 0 rings (SSSR count). The minimum absolute atomic E-state index is 0.00897. The minimum Gasteiger partial charge on any atom is -0.481 e. The van der Waals surface area contributed by atoms with Gasteiger partial charge >= 0.3 is 11.9 Å². The monoisotopic (exact) mass is 510 g/mol. The highest BCUT2D eigenvalue weighted by atomic mass is 16.5. The van der Waals surface area contributed by atoms with Crippen LogP contribution in [-0.4, -0.2) is 72.4 Å². The predicted molar refractivity (Wildman–Crippen MR) is 144 cm³/mol. The maximum absolute atomic E-state index is 12.1. The fraction of sp³-hybridized carbons (Fsp3) is 0.750.